The average molecular weight is 541 g/mol. The van der Waals surface area contributed by atoms with Gasteiger partial charge in [-0.25, -0.2) is 9.59 Å². The number of allylic oxidation sites excluding steroid dienone is 4. The van der Waals surface area contributed by atoms with Crippen LogP contribution in [0, 0.1) is 11.8 Å². The Bertz CT molecular complexity index is 1190. The maximum atomic E-state index is 13.9. The van der Waals surface area contributed by atoms with Gasteiger partial charge in [-0.05, 0) is 94.4 Å². The smallest absolute Gasteiger partial charge is 0.419 e. The van der Waals surface area contributed by atoms with E-state index in [1.54, 1.807) is 28.7 Å². The number of nitrogens with zero attached hydrogens (tertiary/aromatic N) is 2. The summed E-state index contributed by atoms with van der Waals surface area (Å²) in [7, 11) is 1.62. The van der Waals surface area contributed by atoms with Crippen LogP contribution in [0.1, 0.15) is 66.5 Å². The molecule has 0 saturated carbocycles. The maximum Gasteiger partial charge on any atom is 0.419 e. The summed E-state index contributed by atoms with van der Waals surface area (Å²) >= 11 is 1.74. The Morgan fingerprint density at radius 1 is 0.947 bits per heavy atom. The molecule has 7 nitrogen and oxygen atoms in total. The second-order valence-electron chi connectivity index (χ2n) is 12.0. The van der Waals surface area contributed by atoms with Crippen LogP contribution in [0.15, 0.2) is 58.3 Å². The van der Waals surface area contributed by atoms with E-state index in [4.69, 9.17) is 14.2 Å². The van der Waals surface area contributed by atoms with Crippen molar-refractivity contribution in [1.82, 2.24) is 9.80 Å². The van der Waals surface area contributed by atoms with Crippen LogP contribution in [0.4, 0.5) is 9.59 Å². The summed E-state index contributed by atoms with van der Waals surface area (Å²) in [6, 6.07) is 7.15. The third-order valence-corrected chi connectivity index (χ3v) is 7.93. The summed E-state index contributed by atoms with van der Waals surface area (Å²) in [4.78, 5) is 32.2. The standard InChI is InChI=1S/C30H40N2O5S/c1-18-23(38-9)15-14-22-24(18)21-16-17-31(27(33)36-29(2,3)4)25(19-10-12-20(35-8)13-11-19)26(21)32(22)28(34)37-30(5,6)7/h10-15,18,24-25H,16-17H2,1-9H3. The third-order valence-electron chi connectivity index (χ3n) is 6.95. The first kappa shape index (κ1) is 28.1. The lowest BCUT2D eigenvalue weighted by Crippen LogP contribution is -2.45. The Balaban J connectivity index is 1.90. The van der Waals surface area contributed by atoms with Crippen LogP contribution in [0.3, 0.4) is 0 Å². The Hall–Kier alpha value is -2.87. The fraction of sp³-hybridized carbons (Fsp3) is 0.533. The number of carbonyl (C=O) groups is 2. The third kappa shape index (κ3) is 5.46. The van der Waals surface area contributed by atoms with Crippen molar-refractivity contribution in [1.29, 1.82) is 0 Å². The summed E-state index contributed by atoms with van der Waals surface area (Å²) in [5.74, 6) is 0.954. The van der Waals surface area contributed by atoms with E-state index in [9.17, 15) is 9.59 Å². The number of fused-ring (bicyclic) bond motifs is 2. The molecule has 8 heteroatoms. The lowest BCUT2D eigenvalue weighted by atomic mass is 9.79. The minimum absolute atomic E-state index is 0.0338. The fourth-order valence-corrected chi connectivity index (χ4v) is 6.20. The van der Waals surface area contributed by atoms with E-state index in [0.29, 0.717) is 13.0 Å². The molecule has 0 bridgehead atoms. The molecule has 3 atom stereocenters. The molecule has 206 valence electrons. The number of hydrogen-bond acceptors (Lipinski definition) is 6. The van der Waals surface area contributed by atoms with Crippen molar-refractivity contribution >= 4 is 23.9 Å². The zero-order chi connectivity index (χ0) is 28.0. The molecule has 2 heterocycles. The van der Waals surface area contributed by atoms with Crippen LogP contribution in [0.25, 0.3) is 0 Å². The molecule has 0 N–H and O–H groups in total. The van der Waals surface area contributed by atoms with Crippen molar-refractivity contribution in [2.45, 2.75) is 72.1 Å². The first-order valence-corrected chi connectivity index (χ1v) is 14.3. The Labute approximate surface area is 230 Å². The van der Waals surface area contributed by atoms with E-state index in [1.807, 2.05) is 71.9 Å². The van der Waals surface area contributed by atoms with Gasteiger partial charge in [-0.3, -0.25) is 9.80 Å². The van der Waals surface area contributed by atoms with E-state index >= 15 is 0 Å². The Morgan fingerprint density at radius 3 is 2.11 bits per heavy atom. The van der Waals surface area contributed by atoms with Crippen LogP contribution < -0.4 is 4.74 Å². The number of carbonyl (C=O) groups excluding carboxylic acids is 2. The van der Waals surface area contributed by atoms with Crippen molar-refractivity contribution < 1.29 is 23.8 Å². The highest BCUT2D eigenvalue weighted by Gasteiger charge is 2.51. The van der Waals surface area contributed by atoms with Gasteiger partial charge in [0, 0.05) is 18.2 Å². The van der Waals surface area contributed by atoms with Gasteiger partial charge in [0.25, 0.3) is 0 Å². The predicted molar refractivity (Wildman–Crippen MR) is 151 cm³/mol. The summed E-state index contributed by atoms with van der Waals surface area (Å²) in [6.07, 6.45) is 6.04. The van der Waals surface area contributed by atoms with Gasteiger partial charge in [0.1, 0.15) is 23.0 Å². The molecule has 0 spiro atoms. The highest BCUT2D eigenvalue weighted by molar-refractivity contribution is 8.02. The van der Waals surface area contributed by atoms with Crippen LogP contribution in [0.5, 0.6) is 5.75 Å². The lowest BCUT2D eigenvalue weighted by molar-refractivity contribution is 0.0119. The maximum absolute atomic E-state index is 13.9. The average Bonchev–Trinajstić information content (AvgIpc) is 3.17. The first-order chi connectivity index (χ1) is 17.8. The van der Waals surface area contributed by atoms with E-state index in [2.05, 4.69) is 19.3 Å². The van der Waals surface area contributed by atoms with Gasteiger partial charge in [-0.2, -0.15) is 0 Å². The van der Waals surface area contributed by atoms with Gasteiger partial charge < -0.3 is 14.2 Å². The van der Waals surface area contributed by atoms with Crippen LogP contribution in [-0.2, 0) is 9.47 Å². The van der Waals surface area contributed by atoms with E-state index in [-0.39, 0.29) is 11.8 Å². The zero-order valence-electron chi connectivity index (χ0n) is 24.0. The monoisotopic (exact) mass is 540 g/mol. The minimum atomic E-state index is -0.674. The number of thioether (sulfide) groups is 1. The number of amides is 2. The second kappa shape index (κ2) is 10.4. The molecule has 3 aliphatic rings. The largest absolute Gasteiger partial charge is 0.497 e. The second-order valence-corrected chi connectivity index (χ2v) is 12.8. The quantitative estimate of drug-likeness (QED) is 0.401. The number of hydrogen-bond donors (Lipinski definition) is 0. The fourth-order valence-electron chi connectivity index (χ4n) is 5.48. The van der Waals surface area contributed by atoms with Crippen molar-refractivity contribution in [3.05, 3.63) is 63.9 Å². The van der Waals surface area contributed by atoms with Crippen LogP contribution in [0.2, 0.25) is 0 Å². The molecule has 2 amide bonds. The molecule has 0 aromatic heterocycles. The topological polar surface area (TPSA) is 68.3 Å². The first-order valence-electron chi connectivity index (χ1n) is 13.1. The van der Waals surface area contributed by atoms with E-state index < -0.39 is 29.4 Å². The summed E-state index contributed by atoms with van der Waals surface area (Å²) in [5.41, 5.74) is 2.42. The van der Waals surface area contributed by atoms with Gasteiger partial charge in [-0.15, -0.1) is 11.8 Å². The molecule has 0 saturated heterocycles. The number of methoxy groups -OCH3 is 1. The molecule has 2 aliphatic heterocycles. The molecule has 1 aromatic carbocycles. The molecule has 1 aliphatic carbocycles. The summed E-state index contributed by atoms with van der Waals surface area (Å²) in [6.45, 7) is 13.9. The highest BCUT2D eigenvalue weighted by atomic mass is 32.2. The highest BCUT2D eigenvalue weighted by Crippen LogP contribution is 2.55. The van der Waals surface area contributed by atoms with Crippen LogP contribution >= 0.6 is 11.8 Å². The molecule has 0 fully saturated rings. The minimum Gasteiger partial charge on any atom is -0.497 e. The number of ether oxygens (including phenoxy) is 3. The van der Waals surface area contributed by atoms with Crippen molar-refractivity contribution in [3.8, 4) is 5.75 Å². The number of rotatable bonds is 3. The molecular weight excluding hydrogens is 500 g/mol. The summed E-state index contributed by atoms with van der Waals surface area (Å²) in [5, 5.41) is 0. The van der Waals surface area contributed by atoms with Crippen molar-refractivity contribution in [2.75, 3.05) is 19.9 Å². The molecule has 3 unspecified atom stereocenters. The van der Waals surface area contributed by atoms with E-state index in [0.717, 1.165) is 22.7 Å². The molecule has 1 aromatic rings. The normalized spacial score (nSPS) is 23.3. The summed E-state index contributed by atoms with van der Waals surface area (Å²) < 4.78 is 17.2. The molecule has 0 radical (unpaired) electrons. The Kier molecular flexibility index (Phi) is 7.67. The van der Waals surface area contributed by atoms with Gasteiger partial charge in [-0.1, -0.05) is 25.1 Å². The van der Waals surface area contributed by atoms with Gasteiger partial charge in [0.15, 0.2) is 0 Å². The SMILES string of the molecule is COc1ccc(C2C3=C(CCN2C(=O)OC(C)(C)C)C2C(=CC=C(SC)C2C)N3C(=O)OC(C)(C)C)cc1. The van der Waals surface area contributed by atoms with Gasteiger partial charge in [0.05, 0.1) is 12.8 Å². The molecule has 4 rings (SSSR count). The Morgan fingerprint density at radius 2 is 1.55 bits per heavy atom. The molecule has 38 heavy (non-hydrogen) atoms. The predicted octanol–water partition coefficient (Wildman–Crippen LogP) is 7.28. The number of benzene rings is 1. The van der Waals surface area contributed by atoms with E-state index in [1.165, 1.54) is 10.5 Å². The van der Waals surface area contributed by atoms with Crippen molar-refractivity contribution in [2.24, 2.45) is 11.8 Å². The lowest BCUT2D eigenvalue weighted by Gasteiger charge is -2.40. The molecular formula is C30H40N2O5S. The van der Waals surface area contributed by atoms with Gasteiger partial charge in [0.2, 0.25) is 0 Å². The van der Waals surface area contributed by atoms with Crippen LogP contribution in [-0.4, -0.2) is 53.1 Å². The van der Waals surface area contributed by atoms with Gasteiger partial charge >= 0.3 is 12.2 Å². The zero-order valence-corrected chi connectivity index (χ0v) is 24.8. The van der Waals surface area contributed by atoms with Crippen molar-refractivity contribution in [3.63, 3.8) is 0 Å².